The zero-order valence-corrected chi connectivity index (χ0v) is 13.2. The number of benzene rings is 2. The van der Waals surface area contributed by atoms with Crippen LogP contribution in [-0.4, -0.2) is 24.4 Å². The second-order valence-corrected chi connectivity index (χ2v) is 5.50. The number of para-hydroxylation sites is 1. The molecule has 2 rings (SSSR count). The SMILES string of the molecule is Cc1ccccc1OCC(O)CNc1cccc(Cl)c1Cl. The molecule has 0 fully saturated rings. The van der Waals surface area contributed by atoms with E-state index in [4.69, 9.17) is 27.9 Å². The van der Waals surface area contributed by atoms with E-state index >= 15 is 0 Å². The second kappa shape index (κ2) is 7.55. The van der Waals surface area contributed by atoms with Crippen LogP contribution in [0.4, 0.5) is 5.69 Å². The Bertz CT molecular complexity index is 605. The molecule has 0 spiro atoms. The van der Waals surface area contributed by atoms with Crippen LogP contribution in [0, 0.1) is 6.92 Å². The number of rotatable bonds is 6. The maximum absolute atomic E-state index is 9.96. The molecular weight excluding hydrogens is 309 g/mol. The van der Waals surface area contributed by atoms with Crippen LogP contribution in [0.3, 0.4) is 0 Å². The van der Waals surface area contributed by atoms with Crippen LogP contribution in [0.2, 0.25) is 10.0 Å². The number of aryl methyl sites for hydroxylation is 1. The van der Waals surface area contributed by atoms with Crippen LogP contribution in [0.5, 0.6) is 5.75 Å². The van der Waals surface area contributed by atoms with Gasteiger partial charge in [0, 0.05) is 6.54 Å². The molecule has 2 aromatic carbocycles. The van der Waals surface area contributed by atoms with E-state index in [1.807, 2.05) is 37.3 Å². The van der Waals surface area contributed by atoms with Crippen LogP contribution in [-0.2, 0) is 0 Å². The van der Waals surface area contributed by atoms with E-state index in [-0.39, 0.29) is 6.61 Å². The van der Waals surface area contributed by atoms with E-state index in [0.29, 0.717) is 22.3 Å². The van der Waals surface area contributed by atoms with Gasteiger partial charge >= 0.3 is 0 Å². The molecule has 5 heteroatoms. The highest BCUT2D eigenvalue weighted by atomic mass is 35.5. The van der Waals surface area contributed by atoms with Crippen molar-refractivity contribution in [2.75, 3.05) is 18.5 Å². The first kappa shape index (κ1) is 16.0. The standard InChI is InChI=1S/C16H17Cl2NO2/c1-11-5-2-3-8-15(11)21-10-12(20)9-19-14-7-4-6-13(17)16(14)18/h2-8,12,19-20H,9-10H2,1H3. The van der Waals surface area contributed by atoms with E-state index in [2.05, 4.69) is 5.32 Å². The van der Waals surface area contributed by atoms with Crippen molar-refractivity contribution < 1.29 is 9.84 Å². The number of halogens is 2. The summed E-state index contributed by atoms with van der Waals surface area (Å²) in [5, 5.41) is 13.9. The van der Waals surface area contributed by atoms with Gasteiger partial charge in [0.1, 0.15) is 18.5 Å². The number of ether oxygens (including phenoxy) is 1. The lowest BCUT2D eigenvalue weighted by Crippen LogP contribution is -2.26. The lowest BCUT2D eigenvalue weighted by Gasteiger charge is -2.16. The number of aliphatic hydroxyl groups is 1. The van der Waals surface area contributed by atoms with Crippen molar-refractivity contribution in [1.82, 2.24) is 0 Å². The minimum absolute atomic E-state index is 0.204. The molecule has 0 saturated carbocycles. The van der Waals surface area contributed by atoms with Gasteiger partial charge in [0.05, 0.1) is 15.7 Å². The third-order valence-corrected chi connectivity index (χ3v) is 3.82. The lowest BCUT2D eigenvalue weighted by molar-refractivity contribution is 0.117. The molecule has 21 heavy (non-hydrogen) atoms. The number of hydrogen-bond acceptors (Lipinski definition) is 3. The largest absolute Gasteiger partial charge is 0.491 e. The van der Waals surface area contributed by atoms with Crippen molar-refractivity contribution in [2.45, 2.75) is 13.0 Å². The minimum Gasteiger partial charge on any atom is -0.491 e. The van der Waals surface area contributed by atoms with Crippen molar-refractivity contribution >= 4 is 28.9 Å². The number of nitrogens with one attached hydrogen (secondary N) is 1. The Morgan fingerprint density at radius 3 is 2.67 bits per heavy atom. The molecule has 0 aliphatic heterocycles. The normalized spacial score (nSPS) is 12.0. The van der Waals surface area contributed by atoms with Crippen molar-refractivity contribution in [2.24, 2.45) is 0 Å². The second-order valence-electron chi connectivity index (χ2n) is 4.71. The Morgan fingerprint density at radius 1 is 1.14 bits per heavy atom. The quantitative estimate of drug-likeness (QED) is 0.838. The monoisotopic (exact) mass is 325 g/mol. The summed E-state index contributed by atoms with van der Waals surface area (Å²) >= 11 is 12.0. The summed E-state index contributed by atoms with van der Waals surface area (Å²) in [7, 11) is 0. The van der Waals surface area contributed by atoms with Gasteiger partial charge in [-0.25, -0.2) is 0 Å². The molecule has 0 aliphatic rings. The van der Waals surface area contributed by atoms with Crippen LogP contribution >= 0.6 is 23.2 Å². The first-order chi connectivity index (χ1) is 10.1. The highest BCUT2D eigenvalue weighted by molar-refractivity contribution is 6.43. The molecule has 1 unspecified atom stereocenters. The number of anilines is 1. The fraction of sp³-hybridized carbons (Fsp3) is 0.250. The van der Waals surface area contributed by atoms with Crippen molar-refractivity contribution in [1.29, 1.82) is 0 Å². The van der Waals surface area contributed by atoms with E-state index in [1.54, 1.807) is 12.1 Å². The van der Waals surface area contributed by atoms with E-state index in [1.165, 1.54) is 0 Å². The van der Waals surface area contributed by atoms with Gasteiger partial charge in [-0.3, -0.25) is 0 Å². The third kappa shape index (κ3) is 4.53. The molecule has 0 amide bonds. The van der Waals surface area contributed by atoms with Gasteiger partial charge in [-0.1, -0.05) is 47.5 Å². The van der Waals surface area contributed by atoms with E-state index in [0.717, 1.165) is 11.3 Å². The Balaban J connectivity index is 1.84. The minimum atomic E-state index is -0.653. The van der Waals surface area contributed by atoms with Gasteiger partial charge in [0.15, 0.2) is 0 Å². The Labute approximate surface area is 134 Å². The summed E-state index contributed by atoms with van der Waals surface area (Å²) in [5.74, 6) is 0.775. The predicted octanol–water partition coefficient (Wildman–Crippen LogP) is 4.15. The molecule has 0 aliphatic carbocycles. The molecule has 2 N–H and O–H groups in total. The molecule has 0 aromatic heterocycles. The van der Waals surface area contributed by atoms with Gasteiger partial charge in [0.2, 0.25) is 0 Å². The predicted molar refractivity (Wildman–Crippen MR) is 87.6 cm³/mol. The fourth-order valence-corrected chi connectivity index (χ4v) is 2.20. The highest BCUT2D eigenvalue weighted by Crippen LogP contribution is 2.29. The first-order valence-electron chi connectivity index (χ1n) is 6.62. The summed E-state index contributed by atoms with van der Waals surface area (Å²) in [4.78, 5) is 0. The summed E-state index contributed by atoms with van der Waals surface area (Å²) in [5.41, 5.74) is 1.73. The van der Waals surface area contributed by atoms with Crippen molar-refractivity contribution in [3.05, 3.63) is 58.1 Å². The van der Waals surface area contributed by atoms with E-state index < -0.39 is 6.10 Å². The molecule has 1 atom stereocenters. The smallest absolute Gasteiger partial charge is 0.122 e. The van der Waals surface area contributed by atoms with Crippen LogP contribution in [0.25, 0.3) is 0 Å². The van der Waals surface area contributed by atoms with Gasteiger partial charge in [-0.15, -0.1) is 0 Å². The average Bonchev–Trinajstić information content (AvgIpc) is 2.48. The Kier molecular flexibility index (Phi) is 5.74. The Hall–Kier alpha value is -1.42. The average molecular weight is 326 g/mol. The maximum Gasteiger partial charge on any atom is 0.122 e. The zero-order chi connectivity index (χ0) is 15.2. The molecule has 3 nitrogen and oxygen atoms in total. The van der Waals surface area contributed by atoms with Gasteiger partial charge in [0.25, 0.3) is 0 Å². The van der Waals surface area contributed by atoms with Crippen LogP contribution < -0.4 is 10.1 Å². The van der Waals surface area contributed by atoms with Crippen LogP contribution in [0.1, 0.15) is 5.56 Å². The lowest BCUT2D eigenvalue weighted by atomic mass is 10.2. The van der Waals surface area contributed by atoms with Gasteiger partial charge in [-0.05, 0) is 30.7 Å². The first-order valence-corrected chi connectivity index (χ1v) is 7.38. The highest BCUT2D eigenvalue weighted by Gasteiger charge is 2.09. The van der Waals surface area contributed by atoms with Crippen LogP contribution in [0.15, 0.2) is 42.5 Å². The summed E-state index contributed by atoms with van der Waals surface area (Å²) in [6.07, 6.45) is -0.653. The van der Waals surface area contributed by atoms with Gasteiger partial charge in [-0.2, -0.15) is 0 Å². The topological polar surface area (TPSA) is 41.5 Å². The molecule has 0 radical (unpaired) electrons. The molecule has 112 valence electrons. The summed E-state index contributed by atoms with van der Waals surface area (Å²) in [6.45, 7) is 2.49. The molecule has 2 aromatic rings. The fourth-order valence-electron chi connectivity index (χ4n) is 1.83. The number of aliphatic hydroxyl groups excluding tert-OH is 1. The molecule has 0 heterocycles. The third-order valence-electron chi connectivity index (χ3n) is 3.00. The maximum atomic E-state index is 9.96. The Morgan fingerprint density at radius 2 is 1.90 bits per heavy atom. The van der Waals surface area contributed by atoms with Gasteiger partial charge < -0.3 is 15.2 Å². The van der Waals surface area contributed by atoms with Crippen molar-refractivity contribution in [3.8, 4) is 5.75 Å². The van der Waals surface area contributed by atoms with Crippen molar-refractivity contribution in [3.63, 3.8) is 0 Å². The molecule has 0 bridgehead atoms. The molecule has 0 saturated heterocycles. The number of hydrogen-bond donors (Lipinski definition) is 2. The summed E-state index contributed by atoms with van der Waals surface area (Å²) < 4.78 is 5.59. The molecular formula is C16H17Cl2NO2. The summed E-state index contributed by atoms with van der Waals surface area (Å²) in [6, 6.07) is 13.0. The zero-order valence-electron chi connectivity index (χ0n) is 11.6. The van der Waals surface area contributed by atoms with E-state index in [9.17, 15) is 5.11 Å².